The second kappa shape index (κ2) is 4.70. The van der Waals surface area contributed by atoms with Gasteiger partial charge in [-0.1, -0.05) is 0 Å². The van der Waals surface area contributed by atoms with Crippen LogP contribution < -0.4 is 5.43 Å². The van der Waals surface area contributed by atoms with Gasteiger partial charge >= 0.3 is 0 Å². The molecule has 0 unspecified atom stereocenters. The van der Waals surface area contributed by atoms with Crippen molar-refractivity contribution < 1.29 is 24.8 Å². The van der Waals surface area contributed by atoms with Crippen molar-refractivity contribution in [2.45, 2.75) is 6.92 Å². The molecule has 0 radical (unpaired) electrons. The van der Waals surface area contributed by atoms with Gasteiger partial charge in [-0.25, -0.2) is 0 Å². The molecule has 0 saturated heterocycles. The van der Waals surface area contributed by atoms with Gasteiger partial charge in [-0.3, -0.25) is 4.79 Å². The average Bonchev–Trinajstić information content (AvgIpc) is 2.42. The molecule has 0 fully saturated rings. The van der Waals surface area contributed by atoms with Gasteiger partial charge in [-0.15, -0.1) is 0 Å². The van der Waals surface area contributed by atoms with E-state index in [2.05, 4.69) is 0 Å². The fourth-order valence-electron chi connectivity index (χ4n) is 2.34. The summed E-state index contributed by atoms with van der Waals surface area (Å²) in [6.07, 6.45) is 0. The number of hydrogen-bond acceptors (Lipinski definition) is 6. The van der Waals surface area contributed by atoms with E-state index in [1.807, 2.05) is 0 Å². The maximum atomic E-state index is 12.4. The Labute approximate surface area is 124 Å². The van der Waals surface area contributed by atoms with Gasteiger partial charge in [-0.2, -0.15) is 0 Å². The Morgan fingerprint density at radius 2 is 1.59 bits per heavy atom. The third-order valence-corrected chi connectivity index (χ3v) is 3.41. The van der Waals surface area contributed by atoms with Gasteiger partial charge in [-0.05, 0) is 19.1 Å². The molecular formula is C16H12O6. The first-order valence-corrected chi connectivity index (χ1v) is 6.40. The summed E-state index contributed by atoms with van der Waals surface area (Å²) in [6, 6.07) is 6.13. The SMILES string of the molecule is Cc1c(-c2ccc(O)cc2O)oc2cc(O)cc(O)c2c1=O. The molecule has 0 aliphatic rings. The number of hydrogen-bond donors (Lipinski definition) is 4. The van der Waals surface area contributed by atoms with Crippen LogP contribution in [0.1, 0.15) is 5.56 Å². The van der Waals surface area contributed by atoms with Crippen molar-refractivity contribution in [1.29, 1.82) is 0 Å². The summed E-state index contributed by atoms with van der Waals surface area (Å²) < 4.78 is 5.58. The predicted molar refractivity (Wildman–Crippen MR) is 79.3 cm³/mol. The van der Waals surface area contributed by atoms with Crippen LogP contribution in [0.2, 0.25) is 0 Å². The maximum absolute atomic E-state index is 12.4. The monoisotopic (exact) mass is 300 g/mol. The summed E-state index contributed by atoms with van der Waals surface area (Å²) in [5.74, 6) is -0.918. The van der Waals surface area contributed by atoms with Crippen LogP contribution >= 0.6 is 0 Å². The molecule has 1 heterocycles. The zero-order chi connectivity index (χ0) is 16.0. The largest absolute Gasteiger partial charge is 0.508 e. The molecule has 0 atom stereocenters. The molecule has 112 valence electrons. The van der Waals surface area contributed by atoms with Crippen molar-refractivity contribution in [2.24, 2.45) is 0 Å². The lowest BCUT2D eigenvalue weighted by molar-refractivity contribution is 0.449. The zero-order valence-electron chi connectivity index (χ0n) is 11.5. The lowest BCUT2D eigenvalue weighted by Crippen LogP contribution is -2.07. The second-order valence-electron chi connectivity index (χ2n) is 4.92. The molecule has 4 N–H and O–H groups in total. The quantitative estimate of drug-likeness (QED) is 0.549. The number of aromatic hydroxyl groups is 4. The van der Waals surface area contributed by atoms with Gasteiger partial charge in [0.15, 0.2) is 5.43 Å². The third kappa shape index (κ3) is 2.01. The van der Waals surface area contributed by atoms with Crippen molar-refractivity contribution in [3.63, 3.8) is 0 Å². The second-order valence-corrected chi connectivity index (χ2v) is 4.92. The van der Waals surface area contributed by atoms with Gasteiger partial charge in [0.25, 0.3) is 0 Å². The molecule has 6 heteroatoms. The first kappa shape index (κ1) is 13.8. The highest BCUT2D eigenvalue weighted by atomic mass is 16.3. The van der Waals surface area contributed by atoms with E-state index in [0.717, 1.165) is 12.1 Å². The summed E-state index contributed by atoms with van der Waals surface area (Å²) in [6.45, 7) is 1.50. The van der Waals surface area contributed by atoms with E-state index in [0.29, 0.717) is 0 Å². The number of rotatable bonds is 1. The minimum atomic E-state index is -0.471. The van der Waals surface area contributed by atoms with Crippen LogP contribution in [-0.2, 0) is 0 Å². The molecule has 0 spiro atoms. The fourth-order valence-corrected chi connectivity index (χ4v) is 2.34. The summed E-state index contributed by atoms with van der Waals surface area (Å²) in [7, 11) is 0. The van der Waals surface area contributed by atoms with Crippen molar-refractivity contribution in [3.05, 3.63) is 46.1 Å². The lowest BCUT2D eigenvalue weighted by atomic mass is 10.0. The van der Waals surface area contributed by atoms with Crippen LogP contribution in [0.5, 0.6) is 23.0 Å². The number of benzene rings is 2. The predicted octanol–water partition coefficient (Wildman–Crippen LogP) is 2.59. The number of phenols is 4. The summed E-state index contributed by atoms with van der Waals surface area (Å²) in [4.78, 5) is 12.4. The Hall–Kier alpha value is -3.15. The number of fused-ring (bicyclic) bond motifs is 1. The Morgan fingerprint density at radius 3 is 2.27 bits per heavy atom. The minimum Gasteiger partial charge on any atom is -0.508 e. The van der Waals surface area contributed by atoms with E-state index < -0.39 is 5.43 Å². The zero-order valence-corrected chi connectivity index (χ0v) is 11.5. The van der Waals surface area contributed by atoms with E-state index >= 15 is 0 Å². The molecule has 2 aromatic carbocycles. The van der Waals surface area contributed by atoms with Crippen LogP contribution in [-0.4, -0.2) is 20.4 Å². The van der Waals surface area contributed by atoms with E-state index in [-0.39, 0.29) is 50.9 Å². The minimum absolute atomic E-state index is 0.00410. The van der Waals surface area contributed by atoms with Crippen LogP contribution in [0.15, 0.2) is 39.5 Å². The van der Waals surface area contributed by atoms with Crippen molar-refractivity contribution in [2.75, 3.05) is 0 Å². The van der Waals surface area contributed by atoms with E-state index in [1.54, 1.807) is 0 Å². The molecule has 3 rings (SSSR count). The smallest absolute Gasteiger partial charge is 0.199 e. The Kier molecular flexibility index (Phi) is 2.95. The van der Waals surface area contributed by atoms with Gasteiger partial charge in [0.05, 0.1) is 5.56 Å². The molecule has 6 nitrogen and oxygen atoms in total. The first-order chi connectivity index (χ1) is 10.4. The molecule has 0 aliphatic heterocycles. The van der Waals surface area contributed by atoms with Gasteiger partial charge < -0.3 is 24.8 Å². The molecule has 0 saturated carbocycles. The molecular weight excluding hydrogens is 288 g/mol. The summed E-state index contributed by atoms with van der Waals surface area (Å²) in [5.41, 5.74) is -0.0663. The molecule has 1 aromatic heterocycles. The van der Waals surface area contributed by atoms with Gasteiger partial charge in [0.1, 0.15) is 39.7 Å². The highest BCUT2D eigenvalue weighted by Crippen LogP contribution is 2.36. The molecule has 22 heavy (non-hydrogen) atoms. The third-order valence-electron chi connectivity index (χ3n) is 3.41. The standard InChI is InChI=1S/C16H12O6/c1-7-15(21)14-12(20)5-9(18)6-13(14)22-16(7)10-3-2-8(17)4-11(10)19/h2-6,17-20H,1H3. The lowest BCUT2D eigenvalue weighted by Gasteiger charge is -2.10. The number of phenolic OH excluding ortho intramolecular Hbond substituents is 4. The first-order valence-electron chi connectivity index (χ1n) is 6.40. The highest BCUT2D eigenvalue weighted by Gasteiger charge is 2.18. The van der Waals surface area contributed by atoms with Crippen LogP contribution in [0, 0.1) is 6.92 Å². The fraction of sp³-hybridized carbons (Fsp3) is 0.0625. The summed E-state index contributed by atoms with van der Waals surface area (Å²) >= 11 is 0. The maximum Gasteiger partial charge on any atom is 0.199 e. The van der Waals surface area contributed by atoms with Crippen LogP contribution in [0.25, 0.3) is 22.3 Å². The normalized spacial score (nSPS) is 11.0. The Morgan fingerprint density at radius 1 is 0.909 bits per heavy atom. The van der Waals surface area contributed by atoms with Crippen molar-refractivity contribution in [1.82, 2.24) is 0 Å². The van der Waals surface area contributed by atoms with Gasteiger partial charge in [0.2, 0.25) is 0 Å². The van der Waals surface area contributed by atoms with Gasteiger partial charge in [0, 0.05) is 23.8 Å². The van der Waals surface area contributed by atoms with E-state index in [9.17, 15) is 25.2 Å². The molecule has 0 amide bonds. The molecule has 3 aromatic rings. The molecule has 0 aliphatic carbocycles. The molecule has 0 bridgehead atoms. The summed E-state index contributed by atoms with van der Waals surface area (Å²) in [5, 5.41) is 38.5. The van der Waals surface area contributed by atoms with E-state index in [1.165, 1.54) is 25.1 Å². The van der Waals surface area contributed by atoms with E-state index in [4.69, 9.17) is 4.42 Å². The van der Waals surface area contributed by atoms with Crippen LogP contribution in [0.3, 0.4) is 0 Å². The van der Waals surface area contributed by atoms with Crippen molar-refractivity contribution in [3.8, 4) is 34.3 Å². The van der Waals surface area contributed by atoms with Crippen LogP contribution in [0.4, 0.5) is 0 Å². The average molecular weight is 300 g/mol. The highest BCUT2D eigenvalue weighted by molar-refractivity contribution is 5.87. The Balaban J connectivity index is 2.41. The van der Waals surface area contributed by atoms with Crippen molar-refractivity contribution >= 4 is 11.0 Å². The topological polar surface area (TPSA) is 111 Å². The Bertz CT molecular complexity index is 955.